The molecule has 1 amide bonds. The van der Waals surface area contributed by atoms with E-state index in [0.29, 0.717) is 52.2 Å². The number of likely N-dealkylation sites (tertiary alicyclic amines) is 1. The number of benzene rings is 2. The summed E-state index contributed by atoms with van der Waals surface area (Å²) in [6, 6.07) is 18.3. The number of carbonyl (C=O) groups excluding carboxylic acids is 2. The molecule has 0 radical (unpaired) electrons. The van der Waals surface area contributed by atoms with Crippen molar-refractivity contribution in [2.24, 2.45) is 5.92 Å². The summed E-state index contributed by atoms with van der Waals surface area (Å²) in [6.45, 7) is 4.25. The van der Waals surface area contributed by atoms with Crippen LogP contribution in [0.1, 0.15) is 53.9 Å². The van der Waals surface area contributed by atoms with E-state index in [0.717, 1.165) is 35.9 Å². The number of nitrogens with one attached hydrogen (secondary N) is 2. The minimum Gasteiger partial charge on any atom is -0.457 e. The second kappa shape index (κ2) is 12.0. The maximum Gasteiger partial charge on any atom is 0.223 e. The quantitative estimate of drug-likeness (QED) is 0.203. The summed E-state index contributed by atoms with van der Waals surface area (Å²) in [6.07, 6.45) is 4.07. The van der Waals surface area contributed by atoms with Crippen LogP contribution >= 0.6 is 11.8 Å². The van der Waals surface area contributed by atoms with Crippen molar-refractivity contribution in [3.63, 3.8) is 0 Å². The molecule has 1 aromatic heterocycles. The van der Waals surface area contributed by atoms with Crippen molar-refractivity contribution < 1.29 is 14.3 Å². The summed E-state index contributed by atoms with van der Waals surface area (Å²) >= 11 is 1.09. The predicted molar refractivity (Wildman–Crippen MR) is 147 cm³/mol. The van der Waals surface area contributed by atoms with Crippen molar-refractivity contribution >= 4 is 33.5 Å². The maximum absolute atomic E-state index is 12.8. The maximum atomic E-state index is 12.8. The average molecular weight is 515 g/mol. The van der Waals surface area contributed by atoms with Gasteiger partial charge in [0.15, 0.2) is 5.78 Å². The molecule has 2 heterocycles. The molecule has 190 valence electrons. The lowest BCUT2D eigenvalue weighted by Crippen LogP contribution is -2.25. The zero-order valence-electron chi connectivity index (χ0n) is 21.0. The van der Waals surface area contributed by atoms with E-state index in [-0.39, 0.29) is 17.6 Å². The van der Waals surface area contributed by atoms with E-state index in [4.69, 9.17) is 15.6 Å². The van der Waals surface area contributed by atoms with Crippen molar-refractivity contribution in [3.8, 4) is 11.5 Å². The molecule has 37 heavy (non-hydrogen) atoms. The molecule has 1 fully saturated rings. The van der Waals surface area contributed by atoms with Gasteiger partial charge in [-0.1, -0.05) is 30.0 Å². The summed E-state index contributed by atoms with van der Waals surface area (Å²) in [5, 5.41) is 16.3. The van der Waals surface area contributed by atoms with E-state index in [1.54, 1.807) is 49.5 Å². The van der Waals surface area contributed by atoms with Gasteiger partial charge in [0.05, 0.1) is 5.04 Å². The third-order valence-electron chi connectivity index (χ3n) is 6.26. The Labute approximate surface area is 221 Å². The number of hydrogen-bond acceptors (Lipinski definition) is 7. The first-order valence-electron chi connectivity index (χ1n) is 12.2. The van der Waals surface area contributed by atoms with Crippen molar-refractivity contribution in [1.29, 1.82) is 10.8 Å². The number of ether oxygens (including phenoxy) is 1. The Kier molecular flexibility index (Phi) is 8.50. The molecule has 2 aromatic carbocycles. The second-order valence-electron chi connectivity index (χ2n) is 9.20. The van der Waals surface area contributed by atoms with Crippen molar-refractivity contribution in [2.75, 3.05) is 6.54 Å². The third kappa shape index (κ3) is 7.13. The van der Waals surface area contributed by atoms with Crippen LogP contribution < -0.4 is 4.74 Å². The van der Waals surface area contributed by atoms with Gasteiger partial charge >= 0.3 is 0 Å². The molecule has 0 spiro atoms. The number of Topliss-reactive ketones (excluding diaryl/α,β-unsaturated/α-hetero) is 1. The molecular weight excluding hydrogens is 484 g/mol. The number of carbonyl (C=O) groups is 2. The standard InChI is InChI=1S/C29H30N4O3S/c1-19(34)23-7-8-24(18-33-17-21(15-28(33)35)6-11-25-5-3-4-14-32-25)27(16-23)36-26-12-9-22(10-13-26)29(31)37-20(2)30/h3-5,7-10,12-14,16,21,30-31H,6,11,15,17-18H2,1-2H3. The number of hydrogen-bond donors (Lipinski definition) is 2. The average Bonchev–Trinajstić information content (AvgIpc) is 3.23. The first-order valence-corrected chi connectivity index (χ1v) is 13.0. The van der Waals surface area contributed by atoms with Gasteiger partial charge in [-0.25, -0.2) is 0 Å². The van der Waals surface area contributed by atoms with Crippen LogP contribution in [-0.2, 0) is 17.8 Å². The second-order valence-corrected chi connectivity index (χ2v) is 10.4. The first kappa shape index (κ1) is 26.3. The van der Waals surface area contributed by atoms with Crippen molar-refractivity contribution in [2.45, 2.75) is 39.7 Å². The van der Waals surface area contributed by atoms with E-state index in [9.17, 15) is 9.59 Å². The van der Waals surface area contributed by atoms with Gasteiger partial charge < -0.3 is 9.64 Å². The van der Waals surface area contributed by atoms with E-state index >= 15 is 0 Å². The number of rotatable bonds is 9. The van der Waals surface area contributed by atoms with Gasteiger partial charge in [0.25, 0.3) is 0 Å². The first-order chi connectivity index (χ1) is 17.8. The minimum atomic E-state index is -0.0638. The number of ketones is 1. The Bertz CT molecular complexity index is 1310. The van der Waals surface area contributed by atoms with Gasteiger partial charge in [0.2, 0.25) is 5.91 Å². The molecular formula is C29H30N4O3S. The molecule has 1 aliphatic heterocycles. The Morgan fingerprint density at radius 1 is 1.08 bits per heavy atom. The normalized spacial score (nSPS) is 15.0. The summed E-state index contributed by atoms with van der Waals surface area (Å²) in [7, 11) is 0. The highest BCUT2D eigenvalue weighted by molar-refractivity contribution is 8.26. The topological polar surface area (TPSA) is 107 Å². The number of nitrogens with zero attached hydrogens (tertiary/aromatic N) is 2. The van der Waals surface area contributed by atoms with Crippen molar-refractivity contribution in [3.05, 3.63) is 89.2 Å². The number of aromatic nitrogens is 1. The van der Waals surface area contributed by atoms with Gasteiger partial charge in [-0.2, -0.15) is 0 Å². The van der Waals surface area contributed by atoms with Gasteiger partial charge in [0, 0.05) is 48.1 Å². The van der Waals surface area contributed by atoms with Crippen LogP contribution in [0.15, 0.2) is 66.9 Å². The molecule has 1 saturated heterocycles. The fourth-order valence-electron chi connectivity index (χ4n) is 4.32. The monoisotopic (exact) mass is 514 g/mol. The fourth-order valence-corrected chi connectivity index (χ4v) is 4.88. The van der Waals surface area contributed by atoms with Crippen LogP contribution in [0, 0.1) is 16.7 Å². The number of amides is 1. The largest absolute Gasteiger partial charge is 0.457 e. The van der Waals surface area contributed by atoms with E-state index in [1.807, 2.05) is 29.2 Å². The van der Waals surface area contributed by atoms with Crippen LogP contribution in [0.25, 0.3) is 0 Å². The number of pyridine rings is 1. The van der Waals surface area contributed by atoms with Crippen molar-refractivity contribution in [1.82, 2.24) is 9.88 Å². The molecule has 7 nitrogen and oxygen atoms in total. The van der Waals surface area contributed by atoms with Crippen LogP contribution in [0.3, 0.4) is 0 Å². The summed E-state index contributed by atoms with van der Waals surface area (Å²) < 4.78 is 6.18. The third-order valence-corrected chi connectivity index (χ3v) is 7.01. The Morgan fingerprint density at radius 3 is 2.51 bits per heavy atom. The molecule has 1 atom stereocenters. The number of aryl methyl sites for hydroxylation is 1. The molecule has 0 saturated carbocycles. The lowest BCUT2D eigenvalue weighted by Gasteiger charge is -2.20. The summed E-state index contributed by atoms with van der Waals surface area (Å²) in [5.41, 5.74) is 3.10. The summed E-state index contributed by atoms with van der Waals surface area (Å²) in [5.74, 6) is 1.43. The predicted octanol–water partition coefficient (Wildman–Crippen LogP) is 6.11. The molecule has 0 aliphatic carbocycles. The summed E-state index contributed by atoms with van der Waals surface area (Å²) in [4.78, 5) is 31.1. The SMILES string of the molecule is CC(=N)SC(=N)c1ccc(Oc2cc(C(C)=O)ccc2CN2CC(CCc3ccccn3)CC2=O)cc1. The molecule has 1 aliphatic rings. The van der Waals surface area contributed by atoms with Crippen LogP contribution in [-0.4, -0.2) is 38.2 Å². The smallest absolute Gasteiger partial charge is 0.223 e. The fraction of sp³-hybridized carbons (Fsp3) is 0.276. The Morgan fingerprint density at radius 2 is 1.84 bits per heavy atom. The molecule has 0 bridgehead atoms. The van der Waals surface area contributed by atoms with Gasteiger partial charge in [-0.15, -0.1) is 0 Å². The molecule has 4 rings (SSSR count). The highest BCUT2D eigenvalue weighted by Crippen LogP contribution is 2.31. The number of thioether (sulfide) groups is 1. The van der Waals surface area contributed by atoms with Gasteiger partial charge in [0.1, 0.15) is 16.5 Å². The molecule has 8 heteroatoms. The van der Waals surface area contributed by atoms with Gasteiger partial charge in [-0.05, 0) is 75.1 Å². The molecule has 3 aromatic rings. The van der Waals surface area contributed by atoms with Crippen LogP contribution in [0.4, 0.5) is 0 Å². The highest BCUT2D eigenvalue weighted by Gasteiger charge is 2.30. The van der Waals surface area contributed by atoms with Gasteiger partial charge in [-0.3, -0.25) is 25.4 Å². The lowest BCUT2D eigenvalue weighted by molar-refractivity contribution is -0.128. The zero-order valence-corrected chi connectivity index (χ0v) is 21.8. The van der Waals surface area contributed by atoms with Crippen LogP contribution in [0.2, 0.25) is 0 Å². The van der Waals surface area contributed by atoms with E-state index < -0.39 is 0 Å². The zero-order chi connectivity index (χ0) is 26.4. The molecule has 2 N–H and O–H groups in total. The highest BCUT2D eigenvalue weighted by atomic mass is 32.2. The van der Waals surface area contributed by atoms with Crippen LogP contribution in [0.5, 0.6) is 11.5 Å². The minimum absolute atomic E-state index is 0.0638. The Balaban J connectivity index is 1.46. The Hall–Kier alpha value is -3.78. The molecule has 1 unspecified atom stereocenters. The van der Waals surface area contributed by atoms with E-state index in [1.165, 1.54) is 6.92 Å². The lowest BCUT2D eigenvalue weighted by atomic mass is 10.0. The van der Waals surface area contributed by atoms with E-state index in [2.05, 4.69) is 4.98 Å².